The summed E-state index contributed by atoms with van der Waals surface area (Å²) in [4.78, 5) is 0.0677. The lowest BCUT2D eigenvalue weighted by atomic mass is 10.1. The van der Waals surface area contributed by atoms with E-state index in [1.54, 1.807) is 0 Å². The van der Waals surface area contributed by atoms with E-state index in [4.69, 9.17) is 16.3 Å². The first kappa shape index (κ1) is 11.7. The fourth-order valence-corrected chi connectivity index (χ4v) is 3.80. The number of methoxy groups -OCH3 is 1. The Bertz CT molecular complexity index is 524. The highest BCUT2D eigenvalue weighted by Crippen LogP contribution is 2.40. The average molecular weight is 263 g/mol. The average Bonchev–Trinajstić information content (AvgIpc) is 2.22. The van der Waals surface area contributed by atoms with Crippen LogP contribution in [0.5, 0.6) is 5.75 Å². The summed E-state index contributed by atoms with van der Waals surface area (Å²) in [6, 6.07) is 2.91. The fraction of sp³-hybridized carbons (Fsp3) is 0.400. The second kappa shape index (κ2) is 3.91. The van der Waals surface area contributed by atoms with Gasteiger partial charge in [0.2, 0.25) is 0 Å². The number of ether oxygens (including phenoxy) is 1. The van der Waals surface area contributed by atoms with E-state index in [1.807, 2.05) is 0 Å². The van der Waals surface area contributed by atoms with Crippen molar-refractivity contribution in [2.75, 3.05) is 12.9 Å². The minimum absolute atomic E-state index is 0.0677. The Morgan fingerprint density at radius 1 is 1.50 bits per heavy atom. The van der Waals surface area contributed by atoms with Gasteiger partial charge in [0.25, 0.3) is 0 Å². The van der Waals surface area contributed by atoms with Crippen LogP contribution in [-0.2, 0) is 9.84 Å². The van der Waals surface area contributed by atoms with Crippen LogP contribution in [0, 0.1) is 0 Å². The zero-order chi connectivity index (χ0) is 11.9. The van der Waals surface area contributed by atoms with Crippen LogP contribution >= 0.6 is 11.6 Å². The first-order chi connectivity index (χ1) is 7.45. The van der Waals surface area contributed by atoms with Crippen LogP contribution < -0.4 is 4.74 Å². The molecule has 6 heteroatoms. The molecule has 0 amide bonds. The Kier molecular flexibility index (Phi) is 2.86. The highest BCUT2D eigenvalue weighted by atomic mass is 35.5. The van der Waals surface area contributed by atoms with Gasteiger partial charge in [0.1, 0.15) is 10.6 Å². The molecule has 0 bridgehead atoms. The van der Waals surface area contributed by atoms with E-state index in [9.17, 15) is 13.5 Å². The van der Waals surface area contributed by atoms with Crippen molar-refractivity contribution in [3.8, 4) is 5.75 Å². The molecule has 0 aliphatic carbocycles. The molecule has 4 nitrogen and oxygen atoms in total. The van der Waals surface area contributed by atoms with Gasteiger partial charge in [-0.1, -0.05) is 11.6 Å². The monoisotopic (exact) mass is 262 g/mol. The largest absolute Gasteiger partial charge is 0.495 e. The molecule has 1 heterocycles. The maximum absolute atomic E-state index is 11.9. The van der Waals surface area contributed by atoms with E-state index < -0.39 is 15.9 Å². The molecule has 0 radical (unpaired) electrons. The van der Waals surface area contributed by atoms with Gasteiger partial charge in [-0.05, 0) is 12.5 Å². The summed E-state index contributed by atoms with van der Waals surface area (Å²) in [5.74, 6) is 0.125. The van der Waals surface area contributed by atoms with Gasteiger partial charge in [-0.15, -0.1) is 0 Å². The number of halogens is 1. The summed E-state index contributed by atoms with van der Waals surface area (Å²) in [7, 11) is -2.00. The molecule has 0 fully saturated rings. The van der Waals surface area contributed by atoms with Crippen molar-refractivity contribution in [2.24, 2.45) is 0 Å². The number of aliphatic hydroxyl groups excluding tert-OH is 1. The predicted molar refractivity (Wildman–Crippen MR) is 59.6 cm³/mol. The molecule has 0 saturated carbocycles. The van der Waals surface area contributed by atoms with Gasteiger partial charge in [-0.2, -0.15) is 0 Å². The van der Waals surface area contributed by atoms with Crippen molar-refractivity contribution in [3.63, 3.8) is 0 Å². The lowest BCUT2D eigenvalue weighted by Crippen LogP contribution is -2.20. The molecular weight excluding hydrogens is 252 g/mol. The number of hydrogen-bond acceptors (Lipinski definition) is 4. The van der Waals surface area contributed by atoms with Gasteiger partial charge in [0.15, 0.2) is 9.84 Å². The Hall–Kier alpha value is -0.780. The van der Waals surface area contributed by atoms with Gasteiger partial charge in [-0.25, -0.2) is 8.42 Å². The van der Waals surface area contributed by atoms with Gasteiger partial charge in [-0.3, -0.25) is 0 Å². The molecule has 2 rings (SSSR count). The Labute approximate surface area is 98.7 Å². The van der Waals surface area contributed by atoms with E-state index in [2.05, 4.69) is 0 Å². The third kappa shape index (κ3) is 1.79. The van der Waals surface area contributed by atoms with Crippen molar-refractivity contribution < 1.29 is 18.3 Å². The van der Waals surface area contributed by atoms with Gasteiger partial charge >= 0.3 is 0 Å². The summed E-state index contributed by atoms with van der Waals surface area (Å²) >= 11 is 5.83. The van der Waals surface area contributed by atoms with Crippen molar-refractivity contribution in [1.29, 1.82) is 0 Å². The topological polar surface area (TPSA) is 63.6 Å². The van der Waals surface area contributed by atoms with E-state index in [0.717, 1.165) is 0 Å². The second-order valence-electron chi connectivity index (χ2n) is 3.65. The predicted octanol–water partition coefficient (Wildman–Crippen LogP) is 1.56. The highest BCUT2D eigenvalue weighted by Gasteiger charge is 2.32. The molecule has 0 spiro atoms. The number of sulfone groups is 1. The molecule has 1 N–H and O–H groups in total. The number of aliphatic hydroxyl groups is 1. The lowest BCUT2D eigenvalue weighted by Gasteiger charge is -2.23. The third-order valence-corrected chi connectivity index (χ3v) is 4.65. The number of fused-ring (bicyclic) bond motifs is 1. The van der Waals surface area contributed by atoms with Gasteiger partial charge in [0, 0.05) is 16.7 Å². The van der Waals surface area contributed by atoms with Crippen molar-refractivity contribution >= 4 is 21.4 Å². The summed E-state index contributed by atoms with van der Waals surface area (Å²) in [5.41, 5.74) is 0.329. The van der Waals surface area contributed by atoms with Crippen LogP contribution in [0.25, 0.3) is 0 Å². The smallest absolute Gasteiger partial charge is 0.182 e. The molecule has 0 unspecified atom stereocenters. The molecule has 1 aliphatic rings. The van der Waals surface area contributed by atoms with Crippen molar-refractivity contribution in [2.45, 2.75) is 17.4 Å². The van der Waals surface area contributed by atoms with Gasteiger partial charge < -0.3 is 9.84 Å². The second-order valence-corrected chi connectivity index (χ2v) is 6.13. The van der Waals surface area contributed by atoms with Crippen molar-refractivity contribution in [1.82, 2.24) is 0 Å². The number of rotatable bonds is 1. The van der Waals surface area contributed by atoms with Crippen LogP contribution in [0.15, 0.2) is 17.0 Å². The quantitative estimate of drug-likeness (QED) is 0.834. The molecule has 0 saturated heterocycles. The van der Waals surface area contributed by atoms with E-state index in [0.29, 0.717) is 10.6 Å². The lowest BCUT2D eigenvalue weighted by molar-refractivity contribution is 0.167. The first-order valence-corrected chi connectivity index (χ1v) is 6.77. The fourth-order valence-electron chi connectivity index (χ4n) is 1.85. The van der Waals surface area contributed by atoms with E-state index in [1.165, 1.54) is 19.2 Å². The first-order valence-electron chi connectivity index (χ1n) is 4.74. The van der Waals surface area contributed by atoms with Crippen LogP contribution in [-0.4, -0.2) is 26.4 Å². The molecule has 1 atom stereocenters. The summed E-state index contributed by atoms with van der Waals surface area (Å²) < 4.78 is 28.8. The SMILES string of the molecule is COc1cc(Cl)cc2c1S(=O)(=O)CC[C@H]2O. The molecule has 16 heavy (non-hydrogen) atoms. The minimum Gasteiger partial charge on any atom is -0.495 e. The maximum atomic E-state index is 11.9. The molecule has 1 aliphatic heterocycles. The van der Waals surface area contributed by atoms with Gasteiger partial charge in [0.05, 0.1) is 19.0 Å². The zero-order valence-electron chi connectivity index (χ0n) is 8.60. The zero-order valence-corrected chi connectivity index (χ0v) is 10.2. The van der Waals surface area contributed by atoms with Crippen LogP contribution in [0.4, 0.5) is 0 Å². The van der Waals surface area contributed by atoms with Crippen molar-refractivity contribution in [3.05, 3.63) is 22.7 Å². The molecule has 0 aromatic heterocycles. The Balaban J connectivity index is 2.78. The van der Waals surface area contributed by atoms with Crippen LogP contribution in [0.2, 0.25) is 5.02 Å². The third-order valence-electron chi connectivity index (χ3n) is 2.60. The van der Waals surface area contributed by atoms with Crippen LogP contribution in [0.1, 0.15) is 18.1 Å². The van der Waals surface area contributed by atoms with Crippen LogP contribution in [0.3, 0.4) is 0 Å². The molecule has 88 valence electrons. The van der Waals surface area contributed by atoms with E-state index >= 15 is 0 Å². The normalized spacial score (nSPS) is 22.6. The Morgan fingerprint density at radius 2 is 2.19 bits per heavy atom. The molecule has 1 aromatic carbocycles. The summed E-state index contributed by atoms with van der Waals surface area (Å²) in [5, 5.41) is 10.1. The minimum atomic E-state index is -3.38. The summed E-state index contributed by atoms with van der Waals surface area (Å²) in [6.07, 6.45) is -0.607. The molecule has 1 aromatic rings. The Morgan fingerprint density at radius 3 is 2.81 bits per heavy atom. The van der Waals surface area contributed by atoms with E-state index in [-0.39, 0.29) is 22.8 Å². The summed E-state index contributed by atoms with van der Waals surface area (Å²) in [6.45, 7) is 0. The molecular formula is C10H11ClO4S. The number of hydrogen-bond donors (Lipinski definition) is 1. The standard InChI is InChI=1S/C10H11ClO4S/c1-15-9-5-6(11)4-7-8(12)2-3-16(13,14)10(7)9/h4-5,8,12H,2-3H2,1H3/t8-/m1/s1. The highest BCUT2D eigenvalue weighted by molar-refractivity contribution is 7.91. The maximum Gasteiger partial charge on any atom is 0.182 e. The number of benzene rings is 1.